The number of nitrogens with zero attached hydrogens (tertiary/aromatic N) is 1. The lowest BCUT2D eigenvalue weighted by Crippen LogP contribution is -2.37. The summed E-state index contributed by atoms with van der Waals surface area (Å²) in [5.41, 5.74) is 0. The van der Waals surface area contributed by atoms with Crippen molar-refractivity contribution < 1.29 is 37.3 Å². The zero-order chi connectivity index (χ0) is 47.6. The van der Waals surface area contributed by atoms with E-state index in [1.165, 1.54) is 128 Å². The number of likely N-dealkylation sites (N-methyl/N-ethyl adjacent to an activating group) is 1. The van der Waals surface area contributed by atoms with Gasteiger partial charge in [-0.3, -0.25) is 9.36 Å². The highest BCUT2D eigenvalue weighted by atomic mass is 31.2. The first kappa shape index (κ1) is 62.9. The third-order valence-electron chi connectivity index (χ3n) is 11.2. The maximum Gasteiger partial charge on any atom is 0.306 e. The Hall–Kier alpha value is -2.06. The molecule has 8 nitrogen and oxygen atoms in total. The van der Waals surface area contributed by atoms with Crippen molar-refractivity contribution in [1.29, 1.82) is 0 Å². The largest absolute Gasteiger partial charge is 0.756 e. The lowest BCUT2D eigenvalue weighted by Gasteiger charge is -2.28. The molecule has 0 saturated carbocycles. The number of unbranched alkanes of at least 4 members (excludes halogenated alkanes) is 23. The summed E-state index contributed by atoms with van der Waals surface area (Å²) in [5, 5.41) is 0. The van der Waals surface area contributed by atoms with E-state index in [1.807, 2.05) is 21.1 Å². The molecular weight excluding hydrogens is 830 g/mol. The van der Waals surface area contributed by atoms with Crippen molar-refractivity contribution in [2.75, 3.05) is 54.1 Å². The van der Waals surface area contributed by atoms with Crippen molar-refractivity contribution >= 4 is 13.8 Å². The molecule has 0 aromatic rings. The first-order valence-corrected chi connectivity index (χ1v) is 28.1. The molecule has 2 unspecified atom stereocenters. The highest BCUT2D eigenvalue weighted by Gasteiger charge is 2.20. The van der Waals surface area contributed by atoms with E-state index < -0.39 is 13.9 Å². The maximum atomic E-state index is 12.8. The maximum absolute atomic E-state index is 12.8. The number of esters is 1. The minimum atomic E-state index is -4.54. The minimum absolute atomic E-state index is 0.0206. The van der Waals surface area contributed by atoms with Gasteiger partial charge < -0.3 is 27.9 Å². The Kier molecular flexibility index (Phi) is 46.9. The number of hydrogen-bond acceptors (Lipinski definition) is 7. The second kappa shape index (κ2) is 48.4. The quantitative estimate of drug-likeness (QED) is 0.0197. The minimum Gasteiger partial charge on any atom is -0.756 e. The molecule has 0 radical (unpaired) electrons. The fraction of sp³-hybridized carbons (Fsp3) is 0.768. The molecule has 2 atom stereocenters. The molecule has 0 heterocycles. The number of ether oxygens (including phenoxy) is 2. The standard InChI is InChI=1S/C56H102NO7P/c1-6-8-10-12-14-16-18-20-22-24-26-27-28-29-30-31-32-33-35-37-39-41-43-45-47-49-56(58)64-55(54-63-65(59,60)62-52-50-57(3,4)5)53-61-51-48-46-44-42-40-38-36-34-25-23-21-19-17-15-13-11-9-7-2/h9,11,15,17-18,20-21,23-24,26,28-29,55H,6-8,10,12-14,16,19,22,25,27,30-54H2,1-5H3/b11-9-,17-15-,20-18-,23-21-,26-24-,29-28-. The first-order chi connectivity index (χ1) is 31.6. The van der Waals surface area contributed by atoms with Gasteiger partial charge in [0.15, 0.2) is 0 Å². The molecule has 0 aliphatic carbocycles. The Labute approximate surface area is 402 Å². The second-order valence-corrected chi connectivity index (χ2v) is 20.3. The van der Waals surface area contributed by atoms with E-state index >= 15 is 0 Å². The number of carbonyl (C=O) groups excluding carboxylic acids is 1. The second-order valence-electron chi connectivity index (χ2n) is 18.9. The van der Waals surface area contributed by atoms with Crippen LogP contribution in [0.2, 0.25) is 0 Å². The lowest BCUT2D eigenvalue weighted by molar-refractivity contribution is -0.870. The van der Waals surface area contributed by atoms with Crippen LogP contribution in [0, 0.1) is 0 Å². The van der Waals surface area contributed by atoms with Crippen LogP contribution in [0.3, 0.4) is 0 Å². The summed E-state index contributed by atoms with van der Waals surface area (Å²) in [7, 11) is 1.34. The Morgan fingerprint density at radius 1 is 0.492 bits per heavy atom. The molecule has 0 fully saturated rings. The van der Waals surface area contributed by atoms with E-state index in [2.05, 4.69) is 86.8 Å². The monoisotopic (exact) mass is 932 g/mol. The van der Waals surface area contributed by atoms with Gasteiger partial charge in [0.1, 0.15) is 19.3 Å². The van der Waals surface area contributed by atoms with E-state index in [0.29, 0.717) is 24.1 Å². The van der Waals surface area contributed by atoms with Crippen molar-refractivity contribution in [2.45, 2.75) is 225 Å². The molecule has 9 heteroatoms. The number of carbonyl (C=O) groups is 1. The molecule has 0 amide bonds. The fourth-order valence-corrected chi connectivity index (χ4v) is 7.89. The third kappa shape index (κ3) is 52.8. The normalized spacial score (nSPS) is 14.1. The molecule has 0 bridgehead atoms. The number of allylic oxidation sites excluding steroid dienone is 12. The molecule has 378 valence electrons. The number of hydrogen-bond donors (Lipinski definition) is 0. The van der Waals surface area contributed by atoms with E-state index in [9.17, 15) is 14.3 Å². The highest BCUT2D eigenvalue weighted by Crippen LogP contribution is 2.38. The van der Waals surface area contributed by atoms with Gasteiger partial charge in [-0.1, -0.05) is 202 Å². The van der Waals surface area contributed by atoms with E-state index in [4.69, 9.17) is 18.5 Å². The summed E-state index contributed by atoms with van der Waals surface area (Å²) in [5.74, 6) is -0.342. The zero-order valence-electron chi connectivity index (χ0n) is 42.9. The van der Waals surface area contributed by atoms with Gasteiger partial charge in [-0.05, 0) is 83.5 Å². The molecular formula is C56H102NO7P. The summed E-state index contributed by atoms with van der Waals surface area (Å²) in [6, 6.07) is 0. The van der Waals surface area contributed by atoms with Crippen LogP contribution in [-0.2, 0) is 27.9 Å². The van der Waals surface area contributed by atoms with E-state index in [1.54, 1.807) is 0 Å². The van der Waals surface area contributed by atoms with Crippen LogP contribution in [0.15, 0.2) is 72.9 Å². The zero-order valence-corrected chi connectivity index (χ0v) is 43.8. The predicted octanol–water partition coefficient (Wildman–Crippen LogP) is 16.0. The van der Waals surface area contributed by atoms with Crippen LogP contribution in [0.1, 0.15) is 219 Å². The molecule has 0 rings (SSSR count). The Morgan fingerprint density at radius 2 is 0.892 bits per heavy atom. The number of phosphoric ester groups is 1. The van der Waals surface area contributed by atoms with Crippen molar-refractivity contribution in [3.05, 3.63) is 72.9 Å². The molecule has 65 heavy (non-hydrogen) atoms. The van der Waals surface area contributed by atoms with Gasteiger partial charge in [-0.25, -0.2) is 0 Å². The number of quaternary nitrogens is 1. The fourth-order valence-electron chi connectivity index (χ4n) is 7.16. The van der Waals surface area contributed by atoms with Gasteiger partial charge in [-0.15, -0.1) is 0 Å². The molecule has 0 aliphatic rings. The average Bonchev–Trinajstić information content (AvgIpc) is 3.27. The Balaban J connectivity index is 4.14. The molecule has 0 aromatic carbocycles. The first-order valence-electron chi connectivity index (χ1n) is 26.7. The number of phosphoric acid groups is 1. The highest BCUT2D eigenvalue weighted by molar-refractivity contribution is 7.45. The molecule has 0 aromatic heterocycles. The third-order valence-corrected chi connectivity index (χ3v) is 12.2. The molecule has 0 N–H and O–H groups in total. The van der Waals surface area contributed by atoms with Crippen molar-refractivity contribution in [3.8, 4) is 0 Å². The SMILES string of the molecule is CC/C=C\C/C=C\C/C=C\CCCCCCCCCCOCC(COP(=O)([O-])OCC[N+](C)(C)C)OC(=O)CCCCCCCCCCCC/C=C\C/C=C\C/C=C\CCCCCCC. The van der Waals surface area contributed by atoms with Crippen LogP contribution in [0.4, 0.5) is 0 Å². The van der Waals surface area contributed by atoms with Gasteiger partial charge in [-0.2, -0.15) is 0 Å². The van der Waals surface area contributed by atoms with Gasteiger partial charge in [0.25, 0.3) is 7.82 Å². The van der Waals surface area contributed by atoms with Gasteiger partial charge in [0.05, 0.1) is 34.4 Å². The summed E-state index contributed by atoms with van der Waals surface area (Å²) in [6.07, 6.45) is 63.6. The Morgan fingerprint density at radius 3 is 1.34 bits per heavy atom. The van der Waals surface area contributed by atoms with Crippen LogP contribution in [0.5, 0.6) is 0 Å². The lowest BCUT2D eigenvalue weighted by atomic mass is 10.0. The predicted molar refractivity (Wildman–Crippen MR) is 277 cm³/mol. The van der Waals surface area contributed by atoms with Crippen LogP contribution in [-0.4, -0.2) is 70.7 Å². The summed E-state index contributed by atoms with van der Waals surface area (Å²) in [4.78, 5) is 25.2. The topological polar surface area (TPSA) is 94.1 Å². The van der Waals surface area contributed by atoms with Crippen molar-refractivity contribution in [3.63, 3.8) is 0 Å². The van der Waals surface area contributed by atoms with Gasteiger partial charge in [0, 0.05) is 13.0 Å². The van der Waals surface area contributed by atoms with E-state index in [0.717, 1.165) is 70.6 Å². The van der Waals surface area contributed by atoms with Crippen molar-refractivity contribution in [2.24, 2.45) is 0 Å². The Bertz CT molecular complexity index is 1270. The number of rotatable bonds is 49. The molecule has 0 aliphatic heterocycles. The van der Waals surface area contributed by atoms with E-state index in [-0.39, 0.29) is 25.8 Å². The average molecular weight is 932 g/mol. The van der Waals surface area contributed by atoms with Crippen LogP contribution >= 0.6 is 7.82 Å². The van der Waals surface area contributed by atoms with Crippen LogP contribution in [0.25, 0.3) is 0 Å². The molecule has 0 spiro atoms. The summed E-state index contributed by atoms with van der Waals surface area (Å²) in [6.45, 7) is 5.28. The van der Waals surface area contributed by atoms with Crippen LogP contribution < -0.4 is 4.89 Å². The summed E-state index contributed by atoms with van der Waals surface area (Å²) < 4.78 is 34.8. The smallest absolute Gasteiger partial charge is 0.306 e. The summed E-state index contributed by atoms with van der Waals surface area (Å²) >= 11 is 0. The van der Waals surface area contributed by atoms with Gasteiger partial charge >= 0.3 is 5.97 Å². The van der Waals surface area contributed by atoms with Gasteiger partial charge in [0.2, 0.25) is 0 Å². The van der Waals surface area contributed by atoms with Crippen molar-refractivity contribution in [1.82, 2.24) is 0 Å². The molecule has 0 saturated heterocycles.